The highest BCUT2D eigenvalue weighted by atomic mass is 32.1. The molecule has 0 amide bonds. The van der Waals surface area contributed by atoms with E-state index >= 15 is 0 Å². The summed E-state index contributed by atoms with van der Waals surface area (Å²) in [5, 5.41) is 8.76. The van der Waals surface area contributed by atoms with Crippen molar-refractivity contribution >= 4 is 21.4 Å². The third-order valence-electron chi connectivity index (χ3n) is 3.62. The normalized spacial score (nSPS) is 18.4. The number of imidazole rings is 1. The highest BCUT2D eigenvalue weighted by Crippen LogP contribution is 2.24. The standard InChI is InChI=1S/C15H16N4OS/c1-2-5-11(6-3-1)13-10-19-15(17-13)21-14(18-19)16-9-12-7-4-8-20-12/h1-3,5-6,10,12H,4,7-9H2,(H,16,18). The molecule has 6 heteroatoms. The van der Waals surface area contributed by atoms with Crippen LogP contribution in [0, 0.1) is 0 Å². The third-order valence-corrected chi connectivity index (χ3v) is 4.50. The van der Waals surface area contributed by atoms with Crippen LogP contribution in [-0.4, -0.2) is 33.9 Å². The van der Waals surface area contributed by atoms with Gasteiger partial charge in [-0.2, -0.15) is 0 Å². The Kier molecular flexibility index (Phi) is 3.33. The zero-order valence-electron chi connectivity index (χ0n) is 11.5. The van der Waals surface area contributed by atoms with Crippen LogP contribution in [0.5, 0.6) is 0 Å². The highest BCUT2D eigenvalue weighted by Gasteiger charge is 2.16. The first kappa shape index (κ1) is 12.8. The van der Waals surface area contributed by atoms with Gasteiger partial charge in [-0.3, -0.25) is 0 Å². The van der Waals surface area contributed by atoms with Crippen LogP contribution < -0.4 is 5.32 Å². The molecule has 0 bridgehead atoms. The van der Waals surface area contributed by atoms with Crippen molar-refractivity contribution in [1.29, 1.82) is 0 Å². The summed E-state index contributed by atoms with van der Waals surface area (Å²) in [5.74, 6) is 0. The lowest BCUT2D eigenvalue weighted by Gasteiger charge is -2.08. The van der Waals surface area contributed by atoms with Crippen molar-refractivity contribution in [2.24, 2.45) is 0 Å². The number of nitrogens with zero attached hydrogens (tertiary/aromatic N) is 3. The van der Waals surface area contributed by atoms with E-state index in [1.54, 1.807) is 11.3 Å². The fourth-order valence-corrected chi connectivity index (χ4v) is 3.31. The third kappa shape index (κ3) is 2.64. The van der Waals surface area contributed by atoms with E-state index in [2.05, 4.69) is 27.5 Å². The van der Waals surface area contributed by atoms with Crippen LogP contribution in [0.3, 0.4) is 0 Å². The number of hydrogen-bond donors (Lipinski definition) is 1. The summed E-state index contributed by atoms with van der Waals surface area (Å²) >= 11 is 1.57. The Hall–Kier alpha value is -1.92. The van der Waals surface area contributed by atoms with E-state index in [0.717, 1.165) is 47.3 Å². The largest absolute Gasteiger partial charge is 0.376 e. The number of nitrogens with one attached hydrogen (secondary N) is 1. The van der Waals surface area contributed by atoms with Crippen molar-refractivity contribution in [3.63, 3.8) is 0 Å². The van der Waals surface area contributed by atoms with Crippen LogP contribution in [0.15, 0.2) is 36.5 Å². The Bertz CT molecular complexity index is 699. The molecule has 1 saturated heterocycles. The van der Waals surface area contributed by atoms with Crippen molar-refractivity contribution in [2.75, 3.05) is 18.5 Å². The van der Waals surface area contributed by atoms with E-state index in [9.17, 15) is 0 Å². The van der Waals surface area contributed by atoms with Gasteiger partial charge < -0.3 is 10.1 Å². The van der Waals surface area contributed by atoms with E-state index in [1.807, 2.05) is 28.9 Å². The van der Waals surface area contributed by atoms with Crippen LogP contribution >= 0.6 is 11.3 Å². The van der Waals surface area contributed by atoms with E-state index in [4.69, 9.17) is 4.74 Å². The molecule has 0 aliphatic carbocycles. The molecule has 1 fully saturated rings. The predicted molar refractivity (Wildman–Crippen MR) is 83.8 cm³/mol. The van der Waals surface area contributed by atoms with E-state index in [1.165, 1.54) is 0 Å². The van der Waals surface area contributed by atoms with Crippen LogP contribution in [0.4, 0.5) is 5.13 Å². The van der Waals surface area contributed by atoms with Gasteiger partial charge in [-0.1, -0.05) is 41.7 Å². The summed E-state index contributed by atoms with van der Waals surface area (Å²) in [6.07, 6.45) is 4.58. The predicted octanol–water partition coefficient (Wildman–Crippen LogP) is 3.05. The molecule has 4 rings (SSSR count). The van der Waals surface area contributed by atoms with Gasteiger partial charge in [0.25, 0.3) is 0 Å². The Balaban J connectivity index is 1.51. The van der Waals surface area contributed by atoms with Crippen LogP contribution in [0.1, 0.15) is 12.8 Å². The lowest BCUT2D eigenvalue weighted by atomic mass is 10.2. The highest BCUT2D eigenvalue weighted by molar-refractivity contribution is 7.20. The molecule has 0 radical (unpaired) electrons. The van der Waals surface area contributed by atoms with Gasteiger partial charge >= 0.3 is 0 Å². The lowest BCUT2D eigenvalue weighted by Crippen LogP contribution is -2.18. The smallest absolute Gasteiger partial charge is 0.214 e. The molecule has 1 unspecified atom stereocenters. The topological polar surface area (TPSA) is 51.5 Å². The number of fused-ring (bicyclic) bond motifs is 1. The van der Waals surface area contributed by atoms with Gasteiger partial charge in [0.2, 0.25) is 10.1 Å². The van der Waals surface area contributed by atoms with Gasteiger partial charge in [0.15, 0.2) is 0 Å². The lowest BCUT2D eigenvalue weighted by molar-refractivity contribution is 0.120. The number of aromatic nitrogens is 3. The molecule has 1 aromatic carbocycles. The summed E-state index contributed by atoms with van der Waals surface area (Å²) in [7, 11) is 0. The van der Waals surface area contributed by atoms with E-state index in [0.29, 0.717) is 6.10 Å². The number of rotatable bonds is 4. The van der Waals surface area contributed by atoms with Gasteiger partial charge in [0.1, 0.15) is 0 Å². The Morgan fingerprint density at radius 3 is 3.00 bits per heavy atom. The monoisotopic (exact) mass is 300 g/mol. The van der Waals surface area contributed by atoms with Crippen molar-refractivity contribution in [2.45, 2.75) is 18.9 Å². The summed E-state index contributed by atoms with van der Waals surface area (Å²) in [6, 6.07) is 10.2. The molecule has 5 nitrogen and oxygen atoms in total. The molecule has 3 heterocycles. The summed E-state index contributed by atoms with van der Waals surface area (Å²) in [6.45, 7) is 1.70. The minimum absolute atomic E-state index is 0.320. The van der Waals surface area contributed by atoms with Crippen molar-refractivity contribution in [1.82, 2.24) is 14.6 Å². The quantitative estimate of drug-likeness (QED) is 0.804. The van der Waals surface area contributed by atoms with E-state index < -0.39 is 0 Å². The molecule has 1 atom stereocenters. The number of ether oxygens (including phenoxy) is 1. The van der Waals surface area contributed by atoms with Gasteiger partial charge in [-0.15, -0.1) is 5.10 Å². The Labute approximate surface area is 126 Å². The van der Waals surface area contributed by atoms with Gasteiger partial charge in [-0.25, -0.2) is 9.50 Å². The molecule has 3 aromatic rings. The molecule has 1 aliphatic heterocycles. The molecular weight excluding hydrogens is 284 g/mol. The van der Waals surface area contributed by atoms with Crippen LogP contribution in [0.25, 0.3) is 16.2 Å². The second-order valence-electron chi connectivity index (χ2n) is 5.14. The number of hydrogen-bond acceptors (Lipinski definition) is 5. The molecule has 0 spiro atoms. The summed E-state index contributed by atoms with van der Waals surface area (Å²) < 4.78 is 7.44. The van der Waals surface area contributed by atoms with Crippen LogP contribution in [-0.2, 0) is 4.74 Å². The zero-order valence-corrected chi connectivity index (χ0v) is 12.3. The average molecular weight is 300 g/mol. The van der Waals surface area contributed by atoms with Crippen molar-refractivity contribution in [3.8, 4) is 11.3 Å². The molecule has 2 aromatic heterocycles. The fourth-order valence-electron chi connectivity index (χ4n) is 2.53. The SMILES string of the molecule is c1ccc(-c2cn3nc(NCC4CCCO4)sc3n2)cc1. The second kappa shape index (κ2) is 5.46. The maximum absolute atomic E-state index is 5.60. The Morgan fingerprint density at radius 2 is 2.24 bits per heavy atom. The van der Waals surface area contributed by atoms with Crippen molar-refractivity contribution < 1.29 is 4.74 Å². The average Bonchev–Trinajstić information content (AvgIpc) is 3.22. The summed E-state index contributed by atoms with van der Waals surface area (Å²) in [5.41, 5.74) is 2.07. The molecule has 21 heavy (non-hydrogen) atoms. The van der Waals surface area contributed by atoms with Crippen molar-refractivity contribution in [3.05, 3.63) is 36.5 Å². The minimum Gasteiger partial charge on any atom is -0.376 e. The molecule has 108 valence electrons. The van der Waals surface area contributed by atoms with Crippen LogP contribution in [0.2, 0.25) is 0 Å². The maximum atomic E-state index is 5.60. The number of anilines is 1. The van der Waals surface area contributed by atoms with Gasteiger partial charge in [0.05, 0.1) is 18.0 Å². The molecule has 1 aliphatic rings. The minimum atomic E-state index is 0.320. The Morgan fingerprint density at radius 1 is 1.33 bits per heavy atom. The first-order chi connectivity index (χ1) is 10.4. The van der Waals surface area contributed by atoms with Gasteiger partial charge in [0, 0.05) is 18.7 Å². The molecular formula is C15H16N4OS. The second-order valence-corrected chi connectivity index (χ2v) is 6.10. The molecule has 1 N–H and O–H groups in total. The maximum Gasteiger partial charge on any atom is 0.214 e. The van der Waals surface area contributed by atoms with E-state index in [-0.39, 0.29) is 0 Å². The molecule has 0 saturated carbocycles. The first-order valence-electron chi connectivity index (χ1n) is 7.15. The fraction of sp³-hybridized carbons (Fsp3) is 0.333. The first-order valence-corrected chi connectivity index (χ1v) is 7.97. The number of benzene rings is 1. The summed E-state index contributed by atoms with van der Waals surface area (Å²) in [4.78, 5) is 5.54. The van der Waals surface area contributed by atoms with Gasteiger partial charge in [-0.05, 0) is 12.8 Å². The zero-order chi connectivity index (χ0) is 14.1.